The van der Waals surface area contributed by atoms with Crippen LogP contribution < -0.4 is 5.32 Å². The number of aliphatic hydroxyl groups excluding tert-OH is 11. The van der Waals surface area contributed by atoms with Crippen molar-refractivity contribution in [2.75, 3.05) is 26.4 Å². The predicted molar refractivity (Wildman–Crippen MR) is 457 cm³/mol. The van der Waals surface area contributed by atoms with Gasteiger partial charge in [-0.1, -0.05) is 383 Å². The number of allylic oxidation sites excluding steroid dienone is 9. The molecule has 3 aliphatic rings. The molecule has 0 aromatic rings. The monoisotopic (exact) mass is 1600 g/mol. The van der Waals surface area contributed by atoms with Crippen molar-refractivity contribution < 1.29 is 89.4 Å². The zero-order valence-electron chi connectivity index (χ0n) is 71.6. The van der Waals surface area contributed by atoms with Crippen LogP contribution in [-0.4, -0.2) is 193 Å². The summed E-state index contributed by atoms with van der Waals surface area (Å²) < 4.78 is 34.5. The van der Waals surface area contributed by atoms with Crippen molar-refractivity contribution in [3.05, 3.63) is 60.8 Å². The number of rotatable bonds is 77. The fraction of sp³-hybridized carbons (Fsp3) is 0.883. The quantitative estimate of drug-likeness (QED) is 0.0199. The molecule has 0 aliphatic carbocycles. The van der Waals surface area contributed by atoms with E-state index in [1.807, 2.05) is 6.08 Å². The number of nitrogens with one attached hydrogen (secondary N) is 1. The molecule has 3 aliphatic heterocycles. The normalized spacial score (nSPS) is 25.1. The van der Waals surface area contributed by atoms with Gasteiger partial charge in [0.15, 0.2) is 18.9 Å². The number of carbonyl (C=O) groups is 1. The maximum atomic E-state index is 13.5. The van der Waals surface area contributed by atoms with Gasteiger partial charge in [0.05, 0.1) is 38.6 Å². The van der Waals surface area contributed by atoms with Gasteiger partial charge >= 0.3 is 0 Å². The Kier molecular flexibility index (Phi) is 68.0. The minimum Gasteiger partial charge on any atom is -0.394 e. The molecule has 3 rings (SSSR count). The lowest BCUT2D eigenvalue weighted by molar-refractivity contribution is -0.379. The molecule has 3 fully saturated rings. The molecule has 0 radical (unpaired) electrons. The van der Waals surface area contributed by atoms with Gasteiger partial charge in [-0.25, -0.2) is 0 Å². The zero-order valence-corrected chi connectivity index (χ0v) is 71.6. The van der Waals surface area contributed by atoms with Crippen LogP contribution in [0.5, 0.6) is 0 Å². The molecule has 0 aromatic heterocycles. The molecule has 0 saturated carbocycles. The summed E-state index contributed by atoms with van der Waals surface area (Å²) >= 11 is 0. The van der Waals surface area contributed by atoms with Gasteiger partial charge in [-0.2, -0.15) is 0 Å². The van der Waals surface area contributed by atoms with Gasteiger partial charge in [0, 0.05) is 6.42 Å². The molecule has 19 nitrogen and oxygen atoms in total. The van der Waals surface area contributed by atoms with E-state index in [0.29, 0.717) is 12.8 Å². The average Bonchev–Trinajstić information content (AvgIpc) is 0.780. The Morgan fingerprint density at radius 1 is 0.319 bits per heavy atom. The first-order valence-electron chi connectivity index (χ1n) is 47.0. The number of carbonyl (C=O) groups excluding carboxylic acids is 1. The lowest BCUT2D eigenvalue weighted by Crippen LogP contribution is -2.66. The predicted octanol–water partition coefficient (Wildman–Crippen LogP) is 18.5. The molecule has 662 valence electrons. The Morgan fingerprint density at radius 3 is 0.947 bits per heavy atom. The Balaban J connectivity index is 1.32. The summed E-state index contributed by atoms with van der Waals surface area (Å²) in [4.78, 5) is 13.5. The third-order valence-corrected chi connectivity index (χ3v) is 23.3. The molecule has 19 heteroatoms. The second-order valence-corrected chi connectivity index (χ2v) is 33.5. The van der Waals surface area contributed by atoms with E-state index in [2.05, 4.69) is 67.8 Å². The first-order chi connectivity index (χ1) is 55.3. The summed E-state index contributed by atoms with van der Waals surface area (Å²) in [5.41, 5.74) is 0. The molecular weight excluding hydrogens is 1430 g/mol. The fourth-order valence-electron chi connectivity index (χ4n) is 15.8. The average molecular weight is 1610 g/mol. The van der Waals surface area contributed by atoms with Crippen LogP contribution in [0.2, 0.25) is 0 Å². The molecule has 17 unspecified atom stereocenters. The van der Waals surface area contributed by atoms with Crippen LogP contribution >= 0.6 is 0 Å². The molecule has 0 bridgehead atoms. The van der Waals surface area contributed by atoms with Crippen LogP contribution in [0.3, 0.4) is 0 Å². The van der Waals surface area contributed by atoms with Crippen molar-refractivity contribution in [3.8, 4) is 0 Å². The first-order valence-corrected chi connectivity index (χ1v) is 47.0. The number of hydrogen-bond donors (Lipinski definition) is 12. The minimum absolute atomic E-state index is 0.237. The highest BCUT2D eigenvalue weighted by molar-refractivity contribution is 5.76. The van der Waals surface area contributed by atoms with Crippen LogP contribution in [0.25, 0.3) is 0 Å². The summed E-state index contributed by atoms with van der Waals surface area (Å²) in [7, 11) is 0. The van der Waals surface area contributed by atoms with Crippen molar-refractivity contribution in [3.63, 3.8) is 0 Å². The smallest absolute Gasteiger partial charge is 0.220 e. The first kappa shape index (κ1) is 105. The van der Waals surface area contributed by atoms with Gasteiger partial charge in [0.1, 0.15) is 73.2 Å². The standard InChI is InChI=1S/C94H173NO18/c1-3-5-7-9-11-13-15-17-19-21-23-25-27-29-31-33-35-37-38-40-42-44-46-48-50-52-54-56-58-60-62-64-66-68-70-72-82(100)95-77(78(99)71-69-67-65-63-61-59-57-55-53-51-49-47-45-43-41-39-36-34-32-30-28-26-24-22-20-18-16-14-12-10-8-6-4-2)76-108-92-88(106)85(103)90(80(74-97)110-92)113-94-89(107)86(104)91(81(75-98)111-94)112-93-87(105)84(102)83(101)79(73-96)109-93/h15,17,21,23,27,29,61,63,69,71,77-81,83-94,96-99,101-107H,3-14,16,18-20,22,24-26,28,30-60,62,64-68,70,72-76H2,1-2H3,(H,95,100)/b17-15-,23-21-,29-27-,63-61+,71-69+. The zero-order chi connectivity index (χ0) is 81.7. The van der Waals surface area contributed by atoms with E-state index in [9.17, 15) is 61.0 Å². The molecule has 17 atom stereocenters. The molecule has 3 heterocycles. The lowest BCUT2D eigenvalue weighted by atomic mass is 9.96. The third kappa shape index (κ3) is 51.7. The topological polar surface area (TPSA) is 307 Å². The number of amides is 1. The summed E-state index contributed by atoms with van der Waals surface area (Å²) in [5.74, 6) is -0.279. The highest BCUT2D eigenvalue weighted by atomic mass is 16.8. The van der Waals surface area contributed by atoms with Crippen LogP contribution in [-0.2, 0) is 33.2 Å². The van der Waals surface area contributed by atoms with Gasteiger partial charge < -0.3 is 89.9 Å². The number of unbranched alkanes of at least 4 members (excludes halogenated alkanes) is 53. The van der Waals surface area contributed by atoms with Crippen molar-refractivity contribution in [1.29, 1.82) is 0 Å². The van der Waals surface area contributed by atoms with Crippen LogP contribution in [0, 0.1) is 0 Å². The second kappa shape index (κ2) is 73.4. The number of ether oxygens (including phenoxy) is 6. The summed E-state index contributed by atoms with van der Waals surface area (Å²) in [6.45, 7) is 1.77. The molecule has 113 heavy (non-hydrogen) atoms. The molecule has 3 saturated heterocycles. The van der Waals surface area contributed by atoms with Crippen LogP contribution in [0.15, 0.2) is 60.8 Å². The molecule has 12 N–H and O–H groups in total. The fourth-order valence-corrected chi connectivity index (χ4v) is 15.8. The van der Waals surface area contributed by atoms with Gasteiger partial charge in [0.25, 0.3) is 0 Å². The van der Waals surface area contributed by atoms with Crippen molar-refractivity contribution in [2.45, 2.75) is 503 Å². The minimum atomic E-state index is -1.98. The highest BCUT2D eigenvalue weighted by Crippen LogP contribution is 2.34. The maximum Gasteiger partial charge on any atom is 0.220 e. The summed E-state index contributed by atoms with van der Waals surface area (Å²) in [6.07, 6.45) is 71.0. The summed E-state index contributed by atoms with van der Waals surface area (Å²) in [6, 6.07) is -0.993. The SMILES string of the molecule is CCCCCCC/C=C\C/C=C\C/C=C\CCCCCCCCCCCCCCCCCCCCCCC(=O)NC(COC1OC(CO)C(OC2OC(CO)C(OC3OC(CO)C(O)C(O)C3O)C(O)C2O)C(O)C1O)C(O)/C=C/CC/C=C/CCCCCCCCCCCCCCCCCCCCCCCCCCCCC. The van der Waals surface area contributed by atoms with Gasteiger partial charge in [-0.05, 0) is 70.6 Å². The van der Waals surface area contributed by atoms with Crippen molar-refractivity contribution in [2.24, 2.45) is 0 Å². The van der Waals surface area contributed by atoms with Crippen LogP contribution in [0.4, 0.5) is 0 Å². The van der Waals surface area contributed by atoms with E-state index >= 15 is 0 Å². The van der Waals surface area contributed by atoms with E-state index in [1.165, 1.54) is 315 Å². The van der Waals surface area contributed by atoms with E-state index < -0.39 is 124 Å². The Bertz CT molecular complexity index is 2270. The maximum absolute atomic E-state index is 13.5. The van der Waals surface area contributed by atoms with E-state index in [0.717, 1.165) is 51.4 Å². The summed E-state index contributed by atoms with van der Waals surface area (Å²) in [5, 5.41) is 121. The van der Waals surface area contributed by atoms with E-state index in [-0.39, 0.29) is 18.9 Å². The molecule has 0 aromatic carbocycles. The number of hydrogen-bond acceptors (Lipinski definition) is 18. The Morgan fingerprint density at radius 2 is 0.593 bits per heavy atom. The van der Waals surface area contributed by atoms with Gasteiger partial charge in [-0.15, -0.1) is 0 Å². The van der Waals surface area contributed by atoms with Gasteiger partial charge in [0.2, 0.25) is 5.91 Å². The van der Waals surface area contributed by atoms with Crippen LogP contribution in [0.1, 0.15) is 399 Å². The van der Waals surface area contributed by atoms with E-state index in [1.54, 1.807) is 6.08 Å². The van der Waals surface area contributed by atoms with Crippen molar-refractivity contribution in [1.82, 2.24) is 5.32 Å². The lowest BCUT2D eigenvalue weighted by Gasteiger charge is -2.48. The largest absolute Gasteiger partial charge is 0.394 e. The Hall–Kier alpha value is -2.51. The molecule has 1 amide bonds. The molecular formula is C94H173NO18. The third-order valence-electron chi connectivity index (χ3n) is 23.3. The highest BCUT2D eigenvalue weighted by Gasteiger charge is 2.54. The van der Waals surface area contributed by atoms with Crippen molar-refractivity contribution >= 4 is 5.91 Å². The Labute approximate surface area is 687 Å². The molecule has 0 spiro atoms. The van der Waals surface area contributed by atoms with E-state index in [4.69, 9.17) is 28.4 Å². The number of aliphatic hydroxyl groups is 11. The van der Waals surface area contributed by atoms with Gasteiger partial charge in [-0.3, -0.25) is 4.79 Å². The second-order valence-electron chi connectivity index (χ2n) is 33.5.